The molecule has 0 fully saturated rings. The topological polar surface area (TPSA) is 27.7 Å². The minimum Gasteiger partial charge on any atom is -0.493 e. The number of unbranched alkanes of at least 4 members (excludes halogenated alkanes) is 2. The van der Waals surface area contributed by atoms with Crippen LogP contribution in [-0.2, 0) is 6.42 Å². The van der Waals surface area contributed by atoms with E-state index in [4.69, 9.17) is 14.2 Å². The molecule has 33 heavy (non-hydrogen) atoms. The van der Waals surface area contributed by atoms with Gasteiger partial charge in [0.25, 0.3) is 0 Å². The molecule has 4 heteroatoms. The smallest absolute Gasteiger partial charge is 0.203 e. The predicted octanol–water partition coefficient (Wildman–Crippen LogP) is 8.16. The Bertz CT molecular complexity index is 1100. The molecule has 1 heterocycles. The molecule has 2 aromatic carbocycles. The van der Waals surface area contributed by atoms with Gasteiger partial charge < -0.3 is 14.2 Å². The lowest BCUT2D eigenvalue weighted by atomic mass is 10.1. The summed E-state index contributed by atoms with van der Waals surface area (Å²) in [5.41, 5.74) is 2.40. The number of fused-ring (bicyclic) bond motifs is 1. The summed E-state index contributed by atoms with van der Waals surface area (Å²) in [6, 6.07) is 12.8. The van der Waals surface area contributed by atoms with Gasteiger partial charge in [0.15, 0.2) is 11.5 Å². The second-order valence-electron chi connectivity index (χ2n) is 7.89. The molecule has 3 nitrogen and oxygen atoms in total. The van der Waals surface area contributed by atoms with E-state index in [0.717, 1.165) is 31.2 Å². The molecule has 174 valence electrons. The molecule has 3 rings (SSSR count). The fraction of sp³-hybridized carbons (Fsp3) is 0.310. The molecule has 0 aliphatic carbocycles. The summed E-state index contributed by atoms with van der Waals surface area (Å²) >= 11 is 1.93. The standard InChI is InChI=1S/C29H34O3S/c1-22-15-14-18-28-25(22)21-24(33-28)17-13-11-9-7-5-6-8-10-12-16-23-19-26(30-2)29(32-4)27(20-23)31-3/h5-7,9,12,14-16,18-21H,8,10-11,13,17H2,1-4H3. The van der Waals surface area contributed by atoms with Gasteiger partial charge in [-0.25, -0.2) is 0 Å². The van der Waals surface area contributed by atoms with Crippen LogP contribution >= 0.6 is 11.3 Å². The first kappa shape index (κ1) is 24.7. The first-order valence-corrected chi connectivity index (χ1v) is 12.2. The number of benzene rings is 2. The molecule has 0 bridgehead atoms. The molecule has 3 aromatic rings. The quantitative estimate of drug-likeness (QED) is 0.201. The van der Waals surface area contributed by atoms with Crippen molar-refractivity contribution in [2.45, 2.75) is 39.0 Å². The van der Waals surface area contributed by atoms with Crippen molar-refractivity contribution in [1.82, 2.24) is 0 Å². The summed E-state index contributed by atoms with van der Waals surface area (Å²) in [6.07, 6.45) is 18.5. The second-order valence-corrected chi connectivity index (χ2v) is 9.05. The van der Waals surface area contributed by atoms with E-state index in [1.54, 1.807) is 21.3 Å². The average Bonchev–Trinajstić information content (AvgIpc) is 3.26. The molecule has 0 saturated heterocycles. The predicted molar refractivity (Wildman–Crippen MR) is 142 cm³/mol. The van der Waals surface area contributed by atoms with E-state index < -0.39 is 0 Å². The zero-order valence-electron chi connectivity index (χ0n) is 20.1. The minimum atomic E-state index is 0.616. The van der Waals surface area contributed by atoms with Crippen molar-refractivity contribution in [2.24, 2.45) is 0 Å². The van der Waals surface area contributed by atoms with Crippen molar-refractivity contribution in [3.05, 3.63) is 82.8 Å². The van der Waals surface area contributed by atoms with Gasteiger partial charge in [-0.15, -0.1) is 11.3 Å². The molecular formula is C29H34O3S. The highest BCUT2D eigenvalue weighted by molar-refractivity contribution is 7.19. The Morgan fingerprint density at radius 3 is 2.18 bits per heavy atom. The number of thiophene rings is 1. The van der Waals surface area contributed by atoms with Crippen LogP contribution < -0.4 is 14.2 Å². The van der Waals surface area contributed by atoms with Crippen LogP contribution in [-0.4, -0.2) is 21.3 Å². The monoisotopic (exact) mass is 462 g/mol. The lowest BCUT2D eigenvalue weighted by molar-refractivity contribution is 0.324. The fourth-order valence-corrected chi connectivity index (χ4v) is 4.92. The molecule has 0 radical (unpaired) electrons. The number of rotatable bonds is 12. The number of allylic oxidation sites excluding steroid dienone is 5. The van der Waals surface area contributed by atoms with Crippen LogP contribution in [0, 0.1) is 6.92 Å². The van der Waals surface area contributed by atoms with Crippen molar-refractivity contribution in [3.63, 3.8) is 0 Å². The van der Waals surface area contributed by atoms with Crippen LogP contribution in [0.25, 0.3) is 16.2 Å². The van der Waals surface area contributed by atoms with E-state index in [9.17, 15) is 0 Å². The van der Waals surface area contributed by atoms with Crippen molar-refractivity contribution in [2.75, 3.05) is 21.3 Å². The van der Waals surface area contributed by atoms with Gasteiger partial charge in [-0.1, -0.05) is 48.6 Å². The van der Waals surface area contributed by atoms with Gasteiger partial charge in [-0.3, -0.25) is 0 Å². The van der Waals surface area contributed by atoms with E-state index in [1.165, 1.54) is 26.9 Å². The summed E-state index contributed by atoms with van der Waals surface area (Å²) in [6.45, 7) is 2.19. The number of hydrogen-bond donors (Lipinski definition) is 0. The Morgan fingerprint density at radius 2 is 1.52 bits per heavy atom. The van der Waals surface area contributed by atoms with E-state index >= 15 is 0 Å². The van der Waals surface area contributed by atoms with E-state index in [1.807, 2.05) is 23.5 Å². The van der Waals surface area contributed by atoms with Gasteiger partial charge in [-0.2, -0.15) is 0 Å². The third-order valence-corrected chi connectivity index (χ3v) is 6.67. The lowest BCUT2D eigenvalue weighted by Gasteiger charge is -2.12. The molecule has 0 N–H and O–H groups in total. The number of aryl methyl sites for hydroxylation is 2. The zero-order valence-corrected chi connectivity index (χ0v) is 20.9. The number of ether oxygens (including phenoxy) is 3. The van der Waals surface area contributed by atoms with Crippen molar-refractivity contribution in [3.8, 4) is 17.2 Å². The molecule has 0 aliphatic heterocycles. The van der Waals surface area contributed by atoms with Crippen LogP contribution in [0.4, 0.5) is 0 Å². The zero-order chi connectivity index (χ0) is 23.5. The maximum Gasteiger partial charge on any atom is 0.203 e. The van der Waals surface area contributed by atoms with E-state index in [-0.39, 0.29) is 0 Å². The van der Waals surface area contributed by atoms with Crippen LogP contribution in [0.15, 0.2) is 66.8 Å². The van der Waals surface area contributed by atoms with Gasteiger partial charge in [0.2, 0.25) is 5.75 Å². The minimum absolute atomic E-state index is 0.616. The first-order valence-electron chi connectivity index (χ1n) is 11.4. The van der Waals surface area contributed by atoms with Gasteiger partial charge in [0.1, 0.15) is 0 Å². The molecule has 1 aromatic heterocycles. The van der Waals surface area contributed by atoms with Crippen molar-refractivity contribution >= 4 is 27.5 Å². The summed E-state index contributed by atoms with van der Waals surface area (Å²) in [5.74, 6) is 1.96. The number of hydrogen-bond acceptors (Lipinski definition) is 4. The lowest BCUT2D eigenvalue weighted by Crippen LogP contribution is -1.95. The highest BCUT2D eigenvalue weighted by Crippen LogP contribution is 2.38. The molecule has 0 saturated carbocycles. The van der Waals surface area contributed by atoms with Gasteiger partial charge in [-0.05, 0) is 79.8 Å². The van der Waals surface area contributed by atoms with Gasteiger partial charge in [0, 0.05) is 9.58 Å². The van der Waals surface area contributed by atoms with Crippen LogP contribution in [0.1, 0.15) is 41.7 Å². The third kappa shape index (κ3) is 7.00. The van der Waals surface area contributed by atoms with Crippen LogP contribution in [0.2, 0.25) is 0 Å². The maximum atomic E-state index is 5.41. The highest BCUT2D eigenvalue weighted by Gasteiger charge is 2.11. The fourth-order valence-electron chi connectivity index (χ4n) is 3.74. The van der Waals surface area contributed by atoms with E-state index in [2.05, 4.69) is 67.6 Å². The summed E-state index contributed by atoms with van der Waals surface area (Å²) in [7, 11) is 4.88. The summed E-state index contributed by atoms with van der Waals surface area (Å²) in [5, 5.41) is 1.41. The maximum absolute atomic E-state index is 5.41. The summed E-state index contributed by atoms with van der Waals surface area (Å²) in [4.78, 5) is 1.49. The SMILES string of the molecule is COc1cc(C=CCCC=CC=CCCCc2cc3c(C)cccc3s2)cc(OC)c1OC. The molecular weight excluding hydrogens is 428 g/mol. The third-order valence-electron chi connectivity index (χ3n) is 5.51. The average molecular weight is 463 g/mol. The Morgan fingerprint density at radius 1 is 0.818 bits per heavy atom. The Balaban J connectivity index is 1.37. The molecule has 0 amide bonds. The molecule has 0 spiro atoms. The summed E-state index contributed by atoms with van der Waals surface area (Å²) < 4.78 is 17.6. The Hall–Kier alpha value is -2.98. The van der Waals surface area contributed by atoms with Crippen LogP contribution in [0.3, 0.4) is 0 Å². The second kappa shape index (κ2) is 12.9. The van der Waals surface area contributed by atoms with Crippen LogP contribution in [0.5, 0.6) is 17.2 Å². The first-order chi connectivity index (χ1) is 16.2. The van der Waals surface area contributed by atoms with Gasteiger partial charge in [0.05, 0.1) is 21.3 Å². The van der Waals surface area contributed by atoms with Gasteiger partial charge >= 0.3 is 0 Å². The van der Waals surface area contributed by atoms with E-state index in [0.29, 0.717) is 17.2 Å². The van der Waals surface area contributed by atoms with Crippen molar-refractivity contribution in [1.29, 1.82) is 0 Å². The molecule has 0 atom stereocenters. The largest absolute Gasteiger partial charge is 0.493 e. The highest BCUT2D eigenvalue weighted by atomic mass is 32.1. The molecule has 0 aliphatic rings. The Kier molecular flexibility index (Phi) is 9.64. The number of methoxy groups -OCH3 is 3. The normalized spacial score (nSPS) is 11.9. The Labute approximate surface area is 202 Å². The molecule has 0 unspecified atom stereocenters. The van der Waals surface area contributed by atoms with Crippen molar-refractivity contribution < 1.29 is 14.2 Å².